The van der Waals surface area contributed by atoms with Gasteiger partial charge in [0.05, 0.1) is 6.04 Å². The van der Waals surface area contributed by atoms with Crippen LogP contribution in [0.3, 0.4) is 0 Å². The summed E-state index contributed by atoms with van der Waals surface area (Å²) in [6.07, 6.45) is 3.05. The van der Waals surface area contributed by atoms with Crippen LogP contribution in [0.4, 0.5) is 13.2 Å². The Bertz CT molecular complexity index is 1110. The lowest BCUT2D eigenvalue weighted by Gasteiger charge is -2.30. The molecular weight excluding hydrogens is 501 g/mol. The van der Waals surface area contributed by atoms with Gasteiger partial charge in [0, 0.05) is 30.6 Å². The van der Waals surface area contributed by atoms with Gasteiger partial charge >= 0.3 is 5.92 Å². The fourth-order valence-electron chi connectivity index (χ4n) is 4.75. The highest BCUT2D eigenvalue weighted by atomic mass is 35.5. The molecular formula is C25H26ClF3N2O5. The third kappa shape index (κ3) is 5.07. The second kappa shape index (κ2) is 9.99. The van der Waals surface area contributed by atoms with E-state index in [2.05, 4.69) is 5.32 Å². The molecule has 1 aliphatic carbocycles. The average molecular weight is 527 g/mol. The number of nitrogens with zero attached hydrogens (tertiary/aromatic N) is 1. The summed E-state index contributed by atoms with van der Waals surface area (Å²) in [4.78, 5) is 14.5. The first-order valence-corrected chi connectivity index (χ1v) is 12.2. The van der Waals surface area contributed by atoms with Gasteiger partial charge in [-0.25, -0.2) is 4.39 Å². The molecule has 0 bridgehead atoms. The molecule has 5 rings (SSSR count). The summed E-state index contributed by atoms with van der Waals surface area (Å²) in [5.41, 5.74) is 0.344. The number of nitrogens with one attached hydrogen (secondary N) is 1. The van der Waals surface area contributed by atoms with Crippen LogP contribution in [-0.2, 0) is 9.53 Å². The number of aliphatic hydroxyl groups is 1. The minimum absolute atomic E-state index is 0.0237. The molecule has 2 N–H and O–H groups in total. The Kier molecular flexibility index (Phi) is 6.93. The standard InChI is InChI=1S/C25H26ClF3N2O5/c26-16-2-4-19-15(9-16)11-22(36-19)25(28,29)24(33)30-18(13-31-6-5-17(27)12-31)23(32)14-1-3-20-21(10-14)35-8-7-34-20/h1-4,9-11,15,17-19,23,32H,5-8,12-13H2,(H,30,33)/t15?,17-,18-,19?,23-/m1/s1. The highest BCUT2D eigenvalue weighted by Crippen LogP contribution is 2.39. The topological polar surface area (TPSA) is 80.3 Å². The monoisotopic (exact) mass is 526 g/mol. The molecule has 3 aliphatic heterocycles. The number of rotatable bonds is 7. The Labute approximate surface area is 211 Å². The van der Waals surface area contributed by atoms with E-state index in [1.54, 1.807) is 41.3 Å². The molecule has 0 aromatic heterocycles. The molecule has 1 fully saturated rings. The molecule has 5 atom stereocenters. The summed E-state index contributed by atoms with van der Waals surface area (Å²) in [5, 5.41) is 13.8. The summed E-state index contributed by atoms with van der Waals surface area (Å²) in [6, 6.07) is 3.58. The Morgan fingerprint density at radius 2 is 2.03 bits per heavy atom. The molecule has 1 aromatic rings. The van der Waals surface area contributed by atoms with Crippen molar-refractivity contribution in [2.45, 2.75) is 36.8 Å². The van der Waals surface area contributed by atoms with Crippen molar-refractivity contribution < 1.29 is 37.3 Å². The van der Waals surface area contributed by atoms with Crippen LogP contribution in [0.1, 0.15) is 18.1 Å². The molecule has 11 heteroatoms. The zero-order chi connectivity index (χ0) is 25.4. The van der Waals surface area contributed by atoms with Gasteiger partial charge in [0.15, 0.2) is 17.3 Å². The number of alkyl halides is 3. The third-order valence-electron chi connectivity index (χ3n) is 6.65. The number of hydrogen-bond acceptors (Lipinski definition) is 6. The number of aliphatic hydroxyl groups excluding tert-OH is 1. The van der Waals surface area contributed by atoms with Crippen molar-refractivity contribution in [1.29, 1.82) is 0 Å². The van der Waals surface area contributed by atoms with Crippen molar-refractivity contribution in [2.24, 2.45) is 5.92 Å². The molecule has 1 amide bonds. The second-order valence-corrected chi connectivity index (χ2v) is 9.69. The SMILES string of the molecule is O=C(N[C@H](CN1CC[C@@H](F)C1)[C@H](O)c1ccc2c(c1)OCCO2)C(F)(F)C1=CC2C=C(Cl)C=CC2O1. The van der Waals surface area contributed by atoms with E-state index in [0.29, 0.717) is 48.3 Å². The number of halogens is 4. The molecule has 1 saturated heterocycles. The summed E-state index contributed by atoms with van der Waals surface area (Å²) in [7, 11) is 0. The zero-order valence-corrected chi connectivity index (χ0v) is 20.0. The van der Waals surface area contributed by atoms with Gasteiger partial charge in [-0.2, -0.15) is 8.78 Å². The first-order chi connectivity index (χ1) is 17.2. The van der Waals surface area contributed by atoms with E-state index in [1.807, 2.05) is 0 Å². The lowest BCUT2D eigenvalue weighted by Crippen LogP contribution is -2.52. The van der Waals surface area contributed by atoms with Gasteiger partial charge in [0.2, 0.25) is 0 Å². The molecule has 1 aromatic carbocycles. The summed E-state index contributed by atoms with van der Waals surface area (Å²) >= 11 is 5.95. The maximum Gasteiger partial charge on any atom is 0.380 e. The van der Waals surface area contributed by atoms with Gasteiger partial charge in [-0.3, -0.25) is 9.69 Å². The van der Waals surface area contributed by atoms with E-state index in [0.717, 1.165) is 0 Å². The smallest absolute Gasteiger partial charge is 0.380 e. The van der Waals surface area contributed by atoms with E-state index in [9.17, 15) is 14.3 Å². The number of hydrogen-bond donors (Lipinski definition) is 2. The average Bonchev–Trinajstić information content (AvgIpc) is 3.48. The predicted molar refractivity (Wildman–Crippen MR) is 125 cm³/mol. The minimum Gasteiger partial charge on any atom is -0.486 e. The van der Waals surface area contributed by atoms with Crippen LogP contribution in [0.25, 0.3) is 0 Å². The van der Waals surface area contributed by atoms with Crippen LogP contribution in [0.2, 0.25) is 0 Å². The Balaban J connectivity index is 1.35. The fourth-order valence-corrected chi connectivity index (χ4v) is 4.97. The third-order valence-corrected chi connectivity index (χ3v) is 6.90. The fraction of sp³-hybridized carbons (Fsp3) is 0.480. The molecule has 36 heavy (non-hydrogen) atoms. The Hall–Kier alpha value is -2.69. The number of allylic oxidation sites excluding steroid dienone is 2. The van der Waals surface area contributed by atoms with Crippen LogP contribution in [0.15, 0.2) is 53.3 Å². The number of fused-ring (bicyclic) bond motifs is 2. The van der Waals surface area contributed by atoms with Gasteiger partial charge in [-0.15, -0.1) is 0 Å². The van der Waals surface area contributed by atoms with Crippen LogP contribution >= 0.6 is 11.6 Å². The predicted octanol–water partition coefficient (Wildman–Crippen LogP) is 3.25. The summed E-state index contributed by atoms with van der Waals surface area (Å²) < 4.78 is 60.6. The number of benzene rings is 1. The largest absolute Gasteiger partial charge is 0.486 e. The lowest BCUT2D eigenvalue weighted by molar-refractivity contribution is -0.147. The van der Waals surface area contributed by atoms with Crippen LogP contribution in [0.5, 0.6) is 11.5 Å². The van der Waals surface area contributed by atoms with Crippen LogP contribution in [-0.4, -0.2) is 73.0 Å². The molecule has 0 spiro atoms. The highest BCUT2D eigenvalue weighted by Gasteiger charge is 2.50. The van der Waals surface area contributed by atoms with Crippen molar-refractivity contribution in [1.82, 2.24) is 10.2 Å². The second-order valence-electron chi connectivity index (χ2n) is 9.25. The van der Waals surface area contributed by atoms with Crippen molar-refractivity contribution >= 4 is 17.5 Å². The maximum atomic E-state index is 15.2. The molecule has 0 saturated carbocycles. The molecule has 4 aliphatic rings. The van der Waals surface area contributed by atoms with Gasteiger partial charge < -0.3 is 24.6 Å². The molecule has 2 unspecified atom stereocenters. The summed E-state index contributed by atoms with van der Waals surface area (Å²) in [5.74, 6) is -6.00. The first kappa shape index (κ1) is 25.0. The number of carbonyl (C=O) groups is 1. The number of likely N-dealkylation sites (tertiary alicyclic amines) is 1. The van der Waals surface area contributed by atoms with Gasteiger partial charge in [-0.1, -0.05) is 23.7 Å². The van der Waals surface area contributed by atoms with Gasteiger partial charge in [0.25, 0.3) is 5.91 Å². The lowest BCUT2D eigenvalue weighted by atomic mass is 9.98. The van der Waals surface area contributed by atoms with Crippen molar-refractivity contribution in [3.05, 3.63) is 58.9 Å². The molecule has 194 valence electrons. The normalized spacial score (nSPS) is 27.0. The minimum atomic E-state index is -4.00. The van der Waals surface area contributed by atoms with E-state index in [1.165, 1.54) is 6.08 Å². The molecule has 7 nitrogen and oxygen atoms in total. The Morgan fingerprint density at radius 3 is 2.78 bits per heavy atom. The van der Waals surface area contributed by atoms with E-state index >= 15 is 8.78 Å². The highest BCUT2D eigenvalue weighted by molar-refractivity contribution is 6.31. The first-order valence-electron chi connectivity index (χ1n) is 11.8. The quantitative estimate of drug-likeness (QED) is 0.568. The van der Waals surface area contributed by atoms with E-state index in [-0.39, 0.29) is 13.1 Å². The number of ether oxygens (including phenoxy) is 3. The van der Waals surface area contributed by atoms with Crippen molar-refractivity contribution in [2.75, 3.05) is 32.8 Å². The van der Waals surface area contributed by atoms with Crippen LogP contribution < -0.4 is 14.8 Å². The molecule has 3 heterocycles. The van der Waals surface area contributed by atoms with E-state index < -0.39 is 47.9 Å². The van der Waals surface area contributed by atoms with Gasteiger partial charge in [-0.05, 0) is 42.3 Å². The van der Waals surface area contributed by atoms with Gasteiger partial charge in [0.1, 0.15) is 31.6 Å². The van der Waals surface area contributed by atoms with Crippen LogP contribution in [0, 0.1) is 5.92 Å². The van der Waals surface area contributed by atoms with E-state index in [4.69, 9.17) is 25.8 Å². The Morgan fingerprint density at radius 1 is 1.25 bits per heavy atom. The zero-order valence-electron chi connectivity index (χ0n) is 19.2. The van der Waals surface area contributed by atoms with Crippen molar-refractivity contribution in [3.63, 3.8) is 0 Å². The number of amides is 1. The summed E-state index contributed by atoms with van der Waals surface area (Å²) in [6.45, 7) is 1.17. The maximum absolute atomic E-state index is 15.2. The van der Waals surface area contributed by atoms with Crippen molar-refractivity contribution in [3.8, 4) is 11.5 Å². The number of carbonyl (C=O) groups excluding carboxylic acids is 1. The molecule has 0 radical (unpaired) electrons.